The van der Waals surface area contributed by atoms with E-state index in [1.807, 2.05) is 0 Å². The highest BCUT2D eigenvalue weighted by atomic mass is 127. The summed E-state index contributed by atoms with van der Waals surface area (Å²) in [7, 11) is 0. The molecule has 3 N–H and O–H groups in total. The predicted molar refractivity (Wildman–Crippen MR) is 121 cm³/mol. The number of H-pyrrole nitrogens is 1. The van der Waals surface area contributed by atoms with E-state index in [4.69, 9.17) is 4.99 Å². The normalized spacial score (nSPS) is 20.5. The van der Waals surface area contributed by atoms with Gasteiger partial charge in [0.05, 0.1) is 6.54 Å². The van der Waals surface area contributed by atoms with E-state index >= 15 is 0 Å². The highest BCUT2D eigenvalue weighted by Gasteiger charge is 2.29. The zero-order valence-electron chi connectivity index (χ0n) is 15.1. The highest BCUT2D eigenvalue weighted by molar-refractivity contribution is 14.0. The minimum absolute atomic E-state index is 0. The van der Waals surface area contributed by atoms with Gasteiger partial charge in [0.2, 0.25) is 0 Å². The van der Waals surface area contributed by atoms with Crippen molar-refractivity contribution in [3.05, 3.63) is 36.0 Å². The number of thioether (sulfide) groups is 1. The van der Waals surface area contributed by atoms with Gasteiger partial charge in [0.25, 0.3) is 0 Å². The van der Waals surface area contributed by atoms with Crippen molar-refractivity contribution in [1.82, 2.24) is 15.6 Å². The van der Waals surface area contributed by atoms with E-state index in [2.05, 4.69) is 71.6 Å². The summed E-state index contributed by atoms with van der Waals surface area (Å²) < 4.78 is 0.319. The maximum absolute atomic E-state index is 4.80. The fourth-order valence-corrected chi connectivity index (χ4v) is 4.36. The average Bonchev–Trinajstić information content (AvgIpc) is 3.19. The standard InChI is InChI=1S/C19H28N4S.HI/c1-3-20-18(22-14-19(2)10-6-12-24-19)21-11-9-16-13-15-7-4-5-8-17(15)23-16;/h4-5,7-8,13,23H,3,6,9-12,14H2,1-2H3,(H2,20,21,22);1H. The number of nitrogens with one attached hydrogen (secondary N) is 3. The Labute approximate surface area is 172 Å². The molecule has 1 fully saturated rings. The Morgan fingerprint density at radius 3 is 2.88 bits per heavy atom. The molecule has 1 aromatic carbocycles. The third kappa shape index (κ3) is 5.81. The minimum Gasteiger partial charge on any atom is -0.358 e. The van der Waals surface area contributed by atoms with E-state index in [-0.39, 0.29) is 24.0 Å². The van der Waals surface area contributed by atoms with Crippen LogP contribution in [0.1, 0.15) is 32.4 Å². The Morgan fingerprint density at radius 2 is 2.16 bits per heavy atom. The largest absolute Gasteiger partial charge is 0.358 e. The quantitative estimate of drug-likeness (QED) is 0.336. The van der Waals surface area contributed by atoms with Gasteiger partial charge < -0.3 is 15.6 Å². The van der Waals surface area contributed by atoms with Gasteiger partial charge in [-0.25, -0.2) is 0 Å². The molecule has 3 rings (SSSR count). The molecular weight excluding hydrogens is 443 g/mol. The Kier molecular flexibility index (Phi) is 7.93. The van der Waals surface area contributed by atoms with Crippen LogP contribution in [0.15, 0.2) is 35.3 Å². The minimum atomic E-state index is 0. The number of benzene rings is 1. The topological polar surface area (TPSA) is 52.2 Å². The van der Waals surface area contributed by atoms with Crippen LogP contribution < -0.4 is 10.6 Å². The van der Waals surface area contributed by atoms with Crippen LogP contribution in [0.5, 0.6) is 0 Å². The van der Waals surface area contributed by atoms with Crippen molar-refractivity contribution in [2.45, 2.75) is 37.9 Å². The molecule has 0 radical (unpaired) electrons. The van der Waals surface area contributed by atoms with E-state index in [0.29, 0.717) is 4.75 Å². The molecule has 25 heavy (non-hydrogen) atoms. The number of aromatic nitrogens is 1. The number of rotatable bonds is 6. The number of aliphatic imine (C=N–C) groups is 1. The fourth-order valence-electron chi connectivity index (χ4n) is 3.13. The Bertz CT molecular complexity index is 659. The number of fused-ring (bicyclic) bond motifs is 1. The molecule has 0 bridgehead atoms. The second-order valence-corrected chi connectivity index (χ2v) is 8.34. The number of nitrogens with zero attached hydrogens (tertiary/aromatic N) is 1. The average molecular weight is 472 g/mol. The molecule has 6 heteroatoms. The van der Waals surface area contributed by atoms with E-state index in [1.54, 1.807) is 0 Å². The molecule has 0 aliphatic carbocycles. The van der Waals surface area contributed by atoms with Gasteiger partial charge >= 0.3 is 0 Å². The second kappa shape index (κ2) is 9.71. The number of aromatic amines is 1. The summed E-state index contributed by atoms with van der Waals surface area (Å²) in [5.41, 5.74) is 2.47. The number of hydrogen-bond acceptors (Lipinski definition) is 2. The lowest BCUT2D eigenvalue weighted by Gasteiger charge is -2.21. The Hall–Kier alpha value is -0.890. The van der Waals surface area contributed by atoms with Crippen molar-refractivity contribution in [2.75, 3.05) is 25.4 Å². The SMILES string of the molecule is CCNC(=NCC1(C)CCCS1)NCCc1cc2ccccc2[nH]1.I. The number of halogens is 1. The van der Waals surface area contributed by atoms with Gasteiger partial charge in [0, 0.05) is 35.5 Å². The van der Waals surface area contributed by atoms with E-state index < -0.39 is 0 Å². The molecule has 2 aromatic rings. The van der Waals surface area contributed by atoms with Gasteiger partial charge in [-0.2, -0.15) is 11.8 Å². The second-order valence-electron chi connectivity index (χ2n) is 6.66. The number of guanidine groups is 1. The van der Waals surface area contributed by atoms with Gasteiger partial charge in [0.15, 0.2) is 5.96 Å². The molecule has 1 unspecified atom stereocenters. The third-order valence-corrected chi connectivity index (χ3v) is 6.01. The number of hydrogen-bond donors (Lipinski definition) is 3. The predicted octanol–water partition coefficient (Wildman–Crippen LogP) is 4.17. The lowest BCUT2D eigenvalue weighted by atomic mass is 10.1. The summed E-state index contributed by atoms with van der Waals surface area (Å²) in [5.74, 6) is 2.21. The monoisotopic (exact) mass is 472 g/mol. The van der Waals surface area contributed by atoms with Crippen LogP contribution in [0.25, 0.3) is 10.9 Å². The van der Waals surface area contributed by atoms with Gasteiger partial charge in [-0.3, -0.25) is 4.99 Å². The summed E-state index contributed by atoms with van der Waals surface area (Å²) >= 11 is 2.06. The summed E-state index contributed by atoms with van der Waals surface area (Å²) in [6, 6.07) is 10.7. The van der Waals surface area contributed by atoms with Crippen LogP contribution in [-0.2, 0) is 6.42 Å². The highest BCUT2D eigenvalue weighted by Crippen LogP contribution is 2.37. The van der Waals surface area contributed by atoms with Crippen molar-refractivity contribution in [1.29, 1.82) is 0 Å². The molecule has 1 aromatic heterocycles. The first-order chi connectivity index (χ1) is 11.7. The van der Waals surface area contributed by atoms with Crippen molar-refractivity contribution >= 4 is 52.6 Å². The van der Waals surface area contributed by atoms with Crippen molar-refractivity contribution in [3.63, 3.8) is 0 Å². The van der Waals surface area contributed by atoms with Crippen molar-refractivity contribution in [3.8, 4) is 0 Å². The lowest BCUT2D eigenvalue weighted by Crippen LogP contribution is -2.39. The van der Waals surface area contributed by atoms with E-state index in [1.165, 1.54) is 35.2 Å². The van der Waals surface area contributed by atoms with Crippen molar-refractivity contribution < 1.29 is 0 Å². The zero-order chi connectivity index (χ0) is 16.8. The maximum atomic E-state index is 4.80. The van der Waals surface area contributed by atoms with E-state index in [0.717, 1.165) is 32.0 Å². The molecule has 0 spiro atoms. The van der Waals surface area contributed by atoms with Gasteiger partial charge in [-0.1, -0.05) is 18.2 Å². The van der Waals surface area contributed by atoms with E-state index in [9.17, 15) is 0 Å². The first-order valence-corrected chi connectivity index (χ1v) is 9.90. The molecule has 1 aliphatic rings. The summed E-state index contributed by atoms with van der Waals surface area (Å²) in [5, 5.41) is 8.10. The smallest absolute Gasteiger partial charge is 0.191 e. The molecule has 138 valence electrons. The van der Waals surface area contributed by atoms with Gasteiger partial charge in [-0.15, -0.1) is 24.0 Å². The molecule has 0 saturated carbocycles. The molecule has 1 atom stereocenters. The number of para-hydroxylation sites is 1. The van der Waals surface area contributed by atoms with Crippen LogP contribution in [0, 0.1) is 0 Å². The Balaban J connectivity index is 0.00000225. The first-order valence-electron chi connectivity index (χ1n) is 8.91. The fraction of sp³-hybridized carbons (Fsp3) is 0.526. The van der Waals surface area contributed by atoms with Crippen molar-refractivity contribution in [2.24, 2.45) is 4.99 Å². The summed E-state index contributed by atoms with van der Waals surface area (Å²) in [6.45, 7) is 7.10. The first kappa shape index (κ1) is 20.4. The lowest BCUT2D eigenvalue weighted by molar-refractivity contribution is 0.614. The van der Waals surface area contributed by atoms with Crippen LogP contribution in [0.4, 0.5) is 0 Å². The van der Waals surface area contributed by atoms with Crippen LogP contribution in [-0.4, -0.2) is 41.1 Å². The van der Waals surface area contributed by atoms with Gasteiger partial charge in [0.1, 0.15) is 0 Å². The zero-order valence-corrected chi connectivity index (χ0v) is 18.2. The Morgan fingerprint density at radius 1 is 1.32 bits per heavy atom. The van der Waals surface area contributed by atoms with Crippen LogP contribution in [0.3, 0.4) is 0 Å². The van der Waals surface area contributed by atoms with Crippen LogP contribution in [0.2, 0.25) is 0 Å². The molecular formula is C19H29IN4S. The maximum Gasteiger partial charge on any atom is 0.191 e. The summed E-state index contributed by atoms with van der Waals surface area (Å²) in [6.07, 6.45) is 3.56. The van der Waals surface area contributed by atoms with Gasteiger partial charge in [-0.05, 0) is 50.0 Å². The molecule has 4 nitrogen and oxygen atoms in total. The molecule has 1 saturated heterocycles. The summed E-state index contributed by atoms with van der Waals surface area (Å²) in [4.78, 5) is 8.29. The third-order valence-electron chi connectivity index (χ3n) is 4.49. The molecule has 2 heterocycles. The molecule has 0 amide bonds. The molecule has 1 aliphatic heterocycles. The van der Waals surface area contributed by atoms with Crippen LogP contribution >= 0.6 is 35.7 Å².